The number of ether oxygens (including phenoxy) is 2. The molecule has 1 N–H and O–H groups in total. The fraction of sp³-hybridized carbons (Fsp3) is 0.125. The molecule has 1 aliphatic rings. The van der Waals surface area contributed by atoms with Crippen LogP contribution in [0.15, 0.2) is 69.3 Å². The Hall–Kier alpha value is -4.45. The molecule has 2 heterocycles. The van der Waals surface area contributed by atoms with Gasteiger partial charge in [0.25, 0.3) is 17.5 Å². The number of nitrogens with one attached hydrogen (secondary N) is 1. The number of non-ortho nitro benzene ring substituents is 1. The maximum absolute atomic E-state index is 13.0. The number of nitro benzene ring substituents is 1. The Morgan fingerprint density at radius 2 is 1.89 bits per heavy atom. The molecule has 1 saturated heterocycles. The fourth-order valence-corrected chi connectivity index (χ4v) is 3.80. The third kappa shape index (κ3) is 5.28. The van der Waals surface area contributed by atoms with Crippen LogP contribution in [0.3, 0.4) is 0 Å². The molecule has 0 spiro atoms. The maximum atomic E-state index is 13.0. The number of amides is 4. The van der Waals surface area contributed by atoms with Crippen molar-refractivity contribution in [1.82, 2.24) is 10.2 Å². The summed E-state index contributed by atoms with van der Waals surface area (Å²) in [5, 5.41) is 13.0. The highest BCUT2D eigenvalue weighted by Gasteiger charge is 2.36. The van der Waals surface area contributed by atoms with Crippen molar-refractivity contribution in [3.63, 3.8) is 0 Å². The number of halogens is 1. The number of nitrogens with zero attached hydrogens (tertiary/aromatic N) is 2. The van der Waals surface area contributed by atoms with Gasteiger partial charge in [-0.15, -0.1) is 0 Å². The lowest BCUT2D eigenvalue weighted by Gasteiger charge is -2.25. The van der Waals surface area contributed by atoms with Gasteiger partial charge in [-0.25, -0.2) is 4.79 Å². The zero-order chi connectivity index (χ0) is 25.8. The second kappa shape index (κ2) is 10.4. The van der Waals surface area contributed by atoms with E-state index in [4.69, 9.17) is 13.9 Å². The quantitative estimate of drug-likeness (QED) is 0.188. The summed E-state index contributed by atoms with van der Waals surface area (Å²) >= 11 is 3.41. The average molecular weight is 556 g/mol. The van der Waals surface area contributed by atoms with Gasteiger partial charge < -0.3 is 13.9 Å². The topological polar surface area (TPSA) is 141 Å². The first-order valence-electron chi connectivity index (χ1n) is 10.4. The van der Waals surface area contributed by atoms with Gasteiger partial charge >= 0.3 is 6.03 Å². The van der Waals surface area contributed by atoms with E-state index in [2.05, 4.69) is 21.2 Å². The van der Waals surface area contributed by atoms with Gasteiger partial charge in [-0.1, -0.05) is 15.9 Å². The van der Waals surface area contributed by atoms with Gasteiger partial charge in [0.2, 0.25) is 0 Å². The maximum Gasteiger partial charge on any atom is 0.331 e. The molecule has 0 aliphatic carbocycles. The minimum Gasteiger partial charge on any atom is -0.493 e. The minimum atomic E-state index is -0.842. The molecule has 1 aromatic heterocycles. The number of nitro groups is 1. The standard InChI is InChI=1S/C24H18BrN3O8/c1-34-20-10-15(19(25)11-21(20)36-13-14-4-6-16(7-5-14)28(32)33)9-18-22(29)26-24(31)27(23(18)30)12-17-3-2-8-35-17/h2-11H,12-13H2,1H3,(H,26,29,31)/b18-9+. The molecule has 11 nitrogen and oxygen atoms in total. The third-order valence-corrected chi connectivity index (χ3v) is 5.89. The number of hydrogen-bond donors (Lipinski definition) is 1. The molecule has 184 valence electrons. The number of barbiturate groups is 1. The van der Waals surface area contributed by atoms with Crippen LogP contribution in [0.5, 0.6) is 11.5 Å². The molecular weight excluding hydrogens is 538 g/mol. The van der Waals surface area contributed by atoms with Gasteiger partial charge in [-0.3, -0.25) is 29.9 Å². The number of carbonyl (C=O) groups is 3. The summed E-state index contributed by atoms with van der Waals surface area (Å²) in [6, 6.07) is 11.5. The second-order valence-electron chi connectivity index (χ2n) is 7.52. The first-order chi connectivity index (χ1) is 17.3. The van der Waals surface area contributed by atoms with E-state index in [1.54, 1.807) is 36.4 Å². The summed E-state index contributed by atoms with van der Waals surface area (Å²) in [6.45, 7) is -0.0197. The largest absolute Gasteiger partial charge is 0.493 e. The number of furan rings is 1. The van der Waals surface area contributed by atoms with Crippen LogP contribution >= 0.6 is 15.9 Å². The fourth-order valence-electron chi connectivity index (χ4n) is 3.36. The van der Waals surface area contributed by atoms with Crippen molar-refractivity contribution < 1.29 is 33.2 Å². The van der Waals surface area contributed by atoms with E-state index in [-0.39, 0.29) is 24.4 Å². The predicted octanol–water partition coefficient (Wildman–Crippen LogP) is 4.20. The van der Waals surface area contributed by atoms with Crippen LogP contribution in [0.2, 0.25) is 0 Å². The Balaban J connectivity index is 1.56. The Bertz CT molecular complexity index is 1370. The molecule has 36 heavy (non-hydrogen) atoms. The summed E-state index contributed by atoms with van der Waals surface area (Å²) in [5.74, 6) is -0.544. The Labute approximate surface area is 212 Å². The number of imide groups is 2. The molecule has 1 fully saturated rings. The zero-order valence-corrected chi connectivity index (χ0v) is 20.3. The molecule has 1 aliphatic heterocycles. The van der Waals surface area contributed by atoms with Crippen molar-refractivity contribution >= 4 is 45.5 Å². The SMILES string of the molecule is COc1cc(/C=C2\C(=O)NC(=O)N(Cc3ccco3)C2=O)c(Br)cc1OCc1ccc([N+](=O)[O-])cc1. The smallest absolute Gasteiger partial charge is 0.331 e. The second-order valence-corrected chi connectivity index (χ2v) is 8.38. The summed E-state index contributed by atoms with van der Waals surface area (Å²) < 4.78 is 16.9. The van der Waals surface area contributed by atoms with Crippen molar-refractivity contribution in [3.05, 3.63) is 91.8 Å². The molecule has 2 aromatic carbocycles. The summed E-state index contributed by atoms with van der Waals surface area (Å²) in [4.78, 5) is 48.8. The lowest BCUT2D eigenvalue weighted by atomic mass is 10.1. The molecule has 0 bridgehead atoms. The van der Waals surface area contributed by atoms with E-state index in [9.17, 15) is 24.5 Å². The van der Waals surface area contributed by atoms with Crippen LogP contribution in [0, 0.1) is 10.1 Å². The van der Waals surface area contributed by atoms with Gasteiger partial charge in [-0.05, 0) is 53.6 Å². The average Bonchev–Trinajstić information content (AvgIpc) is 3.37. The van der Waals surface area contributed by atoms with E-state index in [0.717, 1.165) is 4.90 Å². The van der Waals surface area contributed by atoms with Gasteiger partial charge in [0, 0.05) is 16.6 Å². The highest BCUT2D eigenvalue weighted by molar-refractivity contribution is 9.10. The van der Waals surface area contributed by atoms with Crippen molar-refractivity contribution in [1.29, 1.82) is 0 Å². The molecule has 4 amide bonds. The first-order valence-corrected chi connectivity index (χ1v) is 11.2. The molecule has 3 aromatic rings. The zero-order valence-electron chi connectivity index (χ0n) is 18.7. The van der Waals surface area contributed by atoms with Crippen molar-refractivity contribution in [2.24, 2.45) is 0 Å². The predicted molar refractivity (Wildman–Crippen MR) is 129 cm³/mol. The molecule has 0 unspecified atom stereocenters. The summed E-state index contributed by atoms with van der Waals surface area (Å²) in [5.41, 5.74) is 0.863. The molecule has 0 radical (unpaired) electrons. The van der Waals surface area contributed by atoms with Crippen LogP contribution in [-0.2, 0) is 22.7 Å². The van der Waals surface area contributed by atoms with Crippen LogP contribution in [-0.4, -0.2) is 34.8 Å². The molecule has 4 rings (SSSR count). The number of hydrogen-bond acceptors (Lipinski definition) is 8. The van der Waals surface area contributed by atoms with Crippen LogP contribution in [0.25, 0.3) is 6.08 Å². The van der Waals surface area contributed by atoms with Gasteiger partial charge in [0.05, 0.1) is 24.8 Å². The van der Waals surface area contributed by atoms with E-state index >= 15 is 0 Å². The number of benzene rings is 2. The van der Waals surface area contributed by atoms with Crippen molar-refractivity contribution in [2.45, 2.75) is 13.2 Å². The van der Waals surface area contributed by atoms with Crippen LogP contribution in [0.4, 0.5) is 10.5 Å². The monoisotopic (exact) mass is 555 g/mol. The summed E-state index contributed by atoms with van der Waals surface area (Å²) in [7, 11) is 1.43. The number of methoxy groups -OCH3 is 1. The van der Waals surface area contributed by atoms with Gasteiger partial charge in [0.15, 0.2) is 11.5 Å². The lowest BCUT2D eigenvalue weighted by Crippen LogP contribution is -2.53. The molecule has 12 heteroatoms. The Morgan fingerprint density at radius 1 is 1.14 bits per heavy atom. The minimum absolute atomic E-state index is 0.0258. The molecule has 0 saturated carbocycles. The van der Waals surface area contributed by atoms with Gasteiger partial charge in [-0.2, -0.15) is 0 Å². The number of rotatable bonds is 8. The highest BCUT2D eigenvalue weighted by Crippen LogP contribution is 2.35. The van der Waals surface area contributed by atoms with Gasteiger partial charge in [0.1, 0.15) is 17.9 Å². The van der Waals surface area contributed by atoms with Crippen molar-refractivity contribution in [3.8, 4) is 11.5 Å². The van der Waals surface area contributed by atoms with E-state index in [1.165, 1.54) is 31.6 Å². The number of urea groups is 1. The van der Waals surface area contributed by atoms with Crippen LogP contribution < -0.4 is 14.8 Å². The number of carbonyl (C=O) groups excluding carboxylic acids is 3. The molecule has 0 atom stereocenters. The van der Waals surface area contributed by atoms with E-state index in [1.807, 2.05) is 0 Å². The van der Waals surface area contributed by atoms with Crippen molar-refractivity contribution in [2.75, 3.05) is 7.11 Å². The highest BCUT2D eigenvalue weighted by atomic mass is 79.9. The Morgan fingerprint density at radius 3 is 2.53 bits per heavy atom. The lowest BCUT2D eigenvalue weighted by molar-refractivity contribution is -0.384. The molecular formula is C24H18BrN3O8. The van der Waals surface area contributed by atoms with E-state index in [0.29, 0.717) is 32.9 Å². The first kappa shape index (κ1) is 24.7. The normalized spacial score (nSPS) is 14.7. The van der Waals surface area contributed by atoms with Crippen LogP contribution in [0.1, 0.15) is 16.9 Å². The Kier molecular flexibility index (Phi) is 7.15. The van der Waals surface area contributed by atoms with E-state index < -0.39 is 22.8 Å². The third-order valence-electron chi connectivity index (χ3n) is 5.20. The summed E-state index contributed by atoms with van der Waals surface area (Å²) in [6.07, 6.45) is 2.75.